The average Bonchev–Trinajstić information content (AvgIpc) is 3.95. The fraction of sp³-hybridized carbons (Fsp3) is 0.129. The maximum Gasteiger partial charge on any atom is 0.333 e. The predicted molar refractivity (Wildman–Crippen MR) is 280 cm³/mol. The van der Waals surface area contributed by atoms with E-state index in [-0.39, 0.29) is 17.7 Å². The van der Waals surface area contributed by atoms with E-state index in [9.17, 15) is 0 Å². The molecule has 2 aliphatic carbocycles. The summed E-state index contributed by atoms with van der Waals surface area (Å²) in [6.45, 7) is 11.8. The van der Waals surface area contributed by atoms with E-state index in [0.717, 1.165) is 0 Å². The molecule has 0 saturated carbocycles. The molecule has 5 aliphatic rings. The predicted octanol–water partition coefficient (Wildman–Crippen LogP) is 15.0. The van der Waals surface area contributed by atoms with Crippen LogP contribution in [-0.2, 0) is 16.2 Å². The lowest BCUT2D eigenvalue weighted by atomic mass is 9.41. The van der Waals surface area contributed by atoms with E-state index in [1.54, 1.807) is 0 Å². The first-order valence-electron chi connectivity index (χ1n) is 23.6. The van der Waals surface area contributed by atoms with Crippen LogP contribution in [0.4, 0.5) is 28.4 Å². The normalized spacial score (nSPS) is 15.8. The summed E-state index contributed by atoms with van der Waals surface area (Å²) in [5.41, 5.74) is 26.0. The smallest absolute Gasteiger partial charge is 0.333 e. The number of nitrogens with zero attached hydrogens (tertiary/aromatic N) is 2. The van der Waals surface area contributed by atoms with Crippen LogP contribution in [0.15, 0.2) is 182 Å². The Morgan fingerprint density at radius 1 is 0.500 bits per heavy atom. The maximum absolute atomic E-state index is 2.79. The molecular formula is C62H45BN2S. The minimum Gasteiger partial charge on any atom is -0.376 e. The molecule has 2 nitrogen and oxygen atoms in total. The molecule has 0 N–H and O–H groups in total. The molecular weight excluding hydrogens is 816 g/mol. The molecule has 9 aromatic carbocycles. The summed E-state index contributed by atoms with van der Waals surface area (Å²) >= 11 is 1.91. The summed E-state index contributed by atoms with van der Waals surface area (Å²) in [5, 5.41) is 2.65. The van der Waals surface area contributed by atoms with E-state index in [1.165, 1.54) is 132 Å². The van der Waals surface area contributed by atoms with Crippen LogP contribution < -0.4 is 20.6 Å². The summed E-state index contributed by atoms with van der Waals surface area (Å²) in [7, 11) is 0. The van der Waals surface area contributed by atoms with Crippen LogP contribution in [0.5, 0.6) is 0 Å². The highest BCUT2D eigenvalue weighted by Gasteiger charge is 2.57. The number of para-hydroxylation sites is 2. The van der Waals surface area contributed by atoms with Gasteiger partial charge in [-0.1, -0.05) is 180 Å². The Hall–Kier alpha value is -7.14. The molecule has 312 valence electrons. The number of hydrogen-bond donors (Lipinski definition) is 0. The zero-order valence-corrected chi connectivity index (χ0v) is 38.5. The minimum absolute atomic E-state index is 0.0308. The fourth-order valence-electron chi connectivity index (χ4n) is 13.5. The Morgan fingerprint density at radius 2 is 1.11 bits per heavy atom. The Kier molecular flexibility index (Phi) is 6.97. The fourth-order valence-corrected chi connectivity index (χ4v) is 14.6. The topological polar surface area (TPSA) is 6.48 Å². The number of hydrogen-bond acceptors (Lipinski definition) is 3. The Bertz CT molecular complexity index is 3760. The number of fused-ring (bicyclic) bond motifs is 21. The minimum atomic E-state index is -0.506. The highest BCUT2D eigenvalue weighted by molar-refractivity contribution is 7.26. The molecule has 15 rings (SSSR count). The van der Waals surface area contributed by atoms with Gasteiger partial charge < -0.3 is 9.71 Å². The zero-order valence-electron chi connectivity index (χ0n) is 37.7. The first-order valence-corrected chi connectivity index (χ1v) is 24.4. The molecule has 3 aliphatic heterocycles. The molecule has 0 atom stereocenters. The Balaban J connectivity index is 1.15. The second kappa shape index (κ2) is 12.4. The average molecular weight is 861 g/mol. The summed E-state index contributed by atoms with van der Waals surface area (Å²) in [4.78, 5) is 5.46. The molecule has 4 heteroatoms. The zero-order chi connectivity index (χ0) is 44.0. The van der Waals surface area contributed by atoms with E-state index in [1.807, 2.05) is 11.3 Å². The van der Waals surface area contributed by atoms with Crippen molar-refractivity contribution in [2.24, 2.45) is 0 Å². The van der Waals surface area contributed by atoms with Crippen LogP contribution in [0.3, 0.4) is 0 Å². The SMILES string of the molecule is CC(C)(C)c1ccc(N2c3cc4c(c5c3B(c3ccc6sc7ccccc7c6c32)N2c3ccccc3C3(c6ccccc6-c6ccccc63)c3cccc-5c32)C(C)(C)c2ccccc2-4)cc1. The molecule has 0 saturated heterocycles. The van der Waals surface area contributed by atoms with Crippen molar-refractivity contribution in [1.29, 1.82) is 0 Å². The highest BCUT2D eigenvalue weighted by atomic mass is 32.1. The van der Waals surface area contributed by atoms with Crippen molar-refractivity contribution in [2.75, 3.05) is 9.71 Å². The van der Waals surface area contributed by atoms with Gasteiger partial charge in [0.2, 0.25) is 0 Å². The van der Waals surface area contributed by atoms with Crippen LogP contribution in [0.25, 0.3) is 53.6 Å². The van der Waals surface area contributed by atoms with Gasteiger partial charge in [0.15, 0.2) is 0 Å². The first-order chi connectivity index (χ1) is 32.2. The molecule has 4 heterocycles. The highest BCUT2D eigenvalue weighted by Crippen LogP contribution is 2.66. The van der Waals surface area contributed by atoms with Crippen molar-refractivity contribution in [3.63, 3.8) is 0 Å². The molecule has 0 amide bonds. The molecule has 0 radical (unpaired) electrons. The van der Waals surface area contributed by atoms with Gasteiger partial charge in [0, 0.05) is 53.9 Å². The van der Waals surface area contributed by atoms with Gasteiger partial charge in [-0.2, -0.15) is 0 Å². The number of anilines is 5. The van der Waals surface area contributed by atoms with E-state index in [0.29, 0.717) is 0 Å². The van der Waals surface area contributed by atoms with Crippen molar-refractivity contribution in [1.82, 2.24) is 0 Å². The summed E-state index contributed by atoms with van der Waals surface area (Å²) in [6.07, 6.45) is 0. The van der Waals surface area contributed by atoms with Crippen molar-refractivity contribution in [3.8, 4) is 33.4 Å². The maximum atomic E-state index is 2.79. The molecule has 10 aromatic rings. The van der Waals surface area contributed by atoms with Crippen molar-refractivity contribution >= 4 is 77.7 Å². The second-order valence-electron chi connectivity index (χ2n) is 20.7. The lowest BCUT2D eigenvalue weighted by molar-refractivity contribution is 0.590. The van der Waals surface area contributed by atoms with Gasteiger partial charge >= 0.3 is 6.85 Å². The van der Waals surface area contributed by atoms with Crippen LogP contribution in [0.2, 0.25) is 0 Å². The third kappa shape index (κ3) is 4.31. The van der Waals surface area contributed by atoms with Crippen molar-refractivity contribution in [2.45, 2.75) is 50.9 Å². The van der Waals surface area contributed by atoms with Crippen LogP contribution in [-0.4, -0.2) is 6.85 Å². The van der Waals surface area contributed by atoms with Crippen LogP contribution in [0.1, 0.15) is 73.6 Å². The standard InChI is InChI=1S/C62H45BN2S/c1-60(2,3)36-29-31-37(32-30-36)64-51-35-43-40-19-6-10-22-44(40)61(4,5)56(43)55-42-21-16-26-48-58(42)65(63(57(51)55)49-33-34-53-54(59(49)64)41-20-9-15-28-52(41)66-53)50-27-14-13-25-47(50)62(48)45-23-11-7-17-38(45)39-18-8-12-24-46(39)62/h6-35H,1-5H3. The van der Waals surface area contributed by atoms with E-state index in [4.69, 9.17) is 0 Å². The molecule has 66 heavy (non-hydrogen) atoms. The van der Waals surface area contributed by atoms with Gasteiger partial charge in [-0.25, -0.2) is 0 Å². The third-order valence-electron chi connectivity index (χ3n) is 16.2. The summed E-state index contributed by atoms with van der Waals surface area (Å²) in [6, 6.07) is 70.5. The third-order valence-corrected chi connectivity index (χ3v) is 17.3. The number of benzene rings is 9. The van der Waals surface area contributed by atoms with Gasteiger partial charge in [-0.3, -0.25) is 0 Å². The van der Waals surface area contributed by atoms with E-state index >= 15 is 0 Å². The summed E-state index contributed by atoms with van der Waals surface area (Å²) < 4.78 is 2.64. The van der Waals surface area contributed by atoms with Gasteiger partial charge in [0.1, 0.15) is 0 Å². The monoisotopic (exact) mass is 860 g/mol. The van der Waals surface area contributed by atoms with Gasteiger partial charge in [0.25, 0.3) is 0 Å². The van der Waals surface area contributed by atoms with E-state index < -0.39 is 5.41 Å². The summed E-state index contributed by atoms with van der Waals surface area (Å²) in [5.74, 6) is 0. The van der Waals surface area contributed by atoms with Crippen molar-refractivity contribution in [3.05, 3.63) is 221 Å². The van der Waals surface area contributed by atoms with Crippen LogP contribution in [0, 0.1) is 0 Å². The molecule has 0 bridgehead atoms. The number of thiophene rings is 1. The quantitative estimate of drug-likeness (QED) is 0.152. The van der Waals surface area contributed by atoms with E-state index in [2.05, 4.69) is 226 Å². The molecule has 0 fully saturated rings. The van der Waals surface area contributed by atoms with Gasteiger partial charge in [-0.15, -0.1) is 11.3 Å². The lowest BCUT2D eigenvalue weighted by Gasteiger charge is -2.53. The van der Waals surface area contributed by atoms with Gasteiger partial charge in [-0.05, 0) is 120 Å². The Morgan fingerprint density at radius 3 is 1.83 bits per heavy atom. The molecule has 0 unspecified atom stereocenters. The molecule has 1 spiro atoms. The first kappa shape index (κ1) is 37.1. The Labute approximate surface area is 390 Å². The van der Waals surface area contributed by atoms with Crippen molar-refractivity contribution < 1.29 is 0 Å². The molecule has 1 aromatic heterocycles. The second-order valence-corrected chi connectivity index (χ2v) is 21.8. The lowest BCUT2D eigenvalue weighted by Crippen LogP contribution is -2.63. The number of rotatable bonds is 1. The largest absolute Gasteiger partial charge is 0.376 e. The van der Waals surface area contributed by atoms with Crippen LogP contribution >= 0.6 is 11.3 Å². The van der Waals surface area contributed by atoms with Gasteiger partial charge in [0.05, 0.1) is 11.1 Å².